The number of carbonyl (C=O) groups excluding carboxylic acids is 3. The lowest BCUT2D eigenvalue weighted by molar-refractivity contribution is -0.133. The molecule has 8 nitrogen and oxygen atoms in total. The highest BCUT2D eigenvalue weighted by atomic mass is 35.5. The third-order valence-electron chi connectivity index (χ3n) is 5.91. The molecule has 1 fully saturated rings. The van der Waals surface area contributed by atoms with E-state index in [1.54, 1.807) is 29.9 Å². The van der Waals surface area contributed by atoms with Gasteiger partial charge in [0, 0.05) is 11.1 Å². The van der Waals surface area contributed by atoms with Crippen molar-refractivity contribution >= 4 is 35.3 Å². The van der Waals surface area contributed by atoms with Crippen molar-refractivity contribution in [1.29, 1.82) is 0 Å². The second-order valence-corrected chi connectivity index (χ2v) is 8.81. The summed E-state index contributed by atoms with van der Waals surface area (Å²) in [6.07, 6.45) is 3.52. The van der Waals surface area contributed by atoms with Crippen molar-refractivity contribution in [2.45, 2.75) is 38.8 Å². The highest BCUT2D eigenvalue weighted by molar-refractivity contribution is 6.31. The number of amides is 4. The topological polar surface area (TPSA) is 96.3 Å². The first-order valence-corrected chi connectivity index (χ1v) is 11.5. The maximum atomic E-state index is 13.2. The lowest BCUT2D eigenvalue weighted by atomic mass is 9.91. The summed E-state index contributed by atoms with van der Waals surface area (Å²) in [6, 6.07) is 16.0. The van der Waals surface area contributed by atoms with Crippen molar-refractivity contribution in [2.24, 2.45) is 0 Å². The Morgan fingerprint density at radius 3 is 2.56 bits per heavy atom. The van der Waals surface area contributed by atoms with E-state index in [1.165, 1.54) is 0 Å². The Labute approximate surface area is 202 Å². The highest BCUT2D eigenvalue weighted by Gasteiger charge is 2.49. The molecule has 1 aliphatic heterocycles. The predicted molar refractivity (Wildman–Crippen MR) is 129 cm³/mol. The van der Waals surface area contributed by atoms with Gasteiger partial charge in [-0.15, -0.1) is 0 Å². The van der Waals surface area contributed by atoms with E-state index < -0.39 is 29.9 Å². The maximum Gasteiger partial charge on any atom is 0.325 e. The summed E-state index contributed by atoms with van der Waals surface area (Å²) in [6.45, 7) is 3.70. The minimum absolute atomic E-state index is 0.359. The molecule has 3 aromatic rings. The van der Waals surface area contributed by atoms with Crippen molar-refractivity contribution in [3.63, 3.8) is 0 Å². The average Bonchev–Trinajstić information content (AvgIpc) is 3.33. The standard InChI is InChI=1S/C25H26ClN5O3/c1-3-6-17-9-11-19(12-10-17)25(2)23(33)30(24(34)29-25)16-22(32)28-21-13-14-27-31(21)15-18-7-4-5-8-20(18)26/h4-5,7-14H,3,6,15-16H2,1-2H3,(H,28,32)(H,29,34). The van der Waals surface area contributed by atoms with Crippen LogP contribution < -0.4 is 10.6 Å². The molecule has 1 aliphatic rings. The molecule has 1 saturated heterocycles. The monoisotopic (exact) mass is 479 g/mol. The first kappa shape index (κ1) is 23.5. The fourth-order valence-corrected chi connectivity index (χ4v) is 4.20. The number of rotatable bonds is 8. The molecule has 4 amide bonds. The molecule has 0 aliphatic carbocycles. The highest BCUT2D eigenvalue weighted by Crippen LogP contribution is 2.29. The van der Waals surface area contributed by atoms with Crippen molar-refractivity contribution in [3.8, 4) is 0 Å². The number of nitrogens with zero attached hydrogens (tertiary/aromatic N) is 3. The summed E-state index contributed by atoms with van der Waals surface area (Å²) >= 11 is 6.23. The molecule has 0 bridgehead atoms. The first-order valence-electron chi connectivity index (χ1n) is 11.1. The number of urea groups is 1. The van der Waals surface area contributed by atoms with Gasteiger partial charge in [0.2, 0.25) is 5.91 Å². The van der Waals surface area contributed by atoms with Crippen LogP contribution in [0.3, 0.4) is 0 Å². The van der Waals surface area contributed by atoms with E-state index in [4.69, 9.17) is 11.6 Å². The summed E-state index contributed by atoms with van der Waals surface area (Å²) < 4.78 is 1.59. The lowest BCUT2D eigenvalue weighted by Crippen LogP contribution is -2.42. The van der Waals surface area contributed by atoms with E-state index >= 15 is 0 Å². The van der Waals surface area contributed by atoms with Crippen LogP contribution in [0.4, 0.5) is 10.6 Å². The summed E-state index contributed by atoms with van der Waals surface area (Å²) in [5.41, 5.74) is 1.45. The van der Waals surface area contributed by atoms with Gasteiger partial charge in [0.25, 0.3) is 5.91 Å². The molecule has 0 radical (unpaired) electrons. The van der Waals surface area contributed by atoms with Crippen molar-refractivity contribution in [2.75, 3.05) is 11.9 Å². The van der Waals surface area contributed by atoms with Gasteiger partial charge < -0.3 is 10.6 Å². The van der Waals surface area contributed by atoms with Gasteiger partial charge in [-0.25, -0.2) is 9.48 Å². The van der Waals surface area contributed by atoms with Crippen LogP contribution in [0.15, 0.2) is 60.8 Å². The van der Waals surface area contributed by atoms with Crippen LogP contribution in [-0.2, 0) is 28.1 Å². The zero-order valence-corrected chi connectivity index (χ0v) is 19.8. The van der Waals surface area contributed by atoms with Crippen LogP contribution in [0.25, 0.3) is 0 Å². The molecule has 2 aromatic carbocycles. The number of carbonyl (C=O) groups is 3. The SMILES string of the molecule is CCCc1ccc(C2(C)NC(=O)N(CC(=O)Nc3ccnn3Cc3ccccc3Cl)C2=O)cc1. The predicted octanol–water partition coefficient (Wildman–Crippen LogP) is 3.94. The van der Waals surface area contributed by atoms with E-state index in [1.807, 2.05) is 42.5 Å². The molecule has 34 heavy (non-hydrogen) atoms. The maximum absolute atomic E-state index is 13.2. The van der Waals surface area contributed by atoms with E-state index in [0.29, 0.717) is 22.9 Å². The molecule has 9 heteroatoms. The molecule has 1 unspecified atom stereocenters. The number of halogens is 1. The zero-order valence-electron chi connectivity index (χ0n) is 19.0. The number of anilines is 1. The number of hydrogen-bond donors (Lipinski definition) is 2. The third kappa shape index (κ3) is 4.68. The van der Waals surface area contributed by atoms with Crippen LogP contribution in [0.5, 0.6) is 0 Å². The molecule has 1 aromatic heterocycles. The van der Waals surface area contributed by atoms with Gasteiger partial charge in [0.1, 0.15) is 17.9 Å². The second kappa shape index (κ2) is 9.69. The Hall–Kier alpha value is -3.65. The fourth-order valence-electron chi connectivity index (χ4n) is 4.01. The van der Waals surface area contributed by atoms with Crippen LogP contribution in [0.2, 0.25) is 5.02 Å². The fraction of sp³-hybridized carbons (Fsp3) is 0.280. The first-order chi connectivity index (χ1) is 16.3. The Bertz CT molecular complexity index is 1220. The second-order valence-electron chi connectivity index (χ2n) is 8.41. The summed E-state index contributed by atoms with van der Waals surface area (Å²) in [5, 5.41) is 10.3. The molecule has 0 spiro atoms. The van der Waals surface area contributed by atoms with Gasteiger partial charge in [-0.2, -0.15) is 5.10 Å². The summed E-state index contributed by atoms with van der Waals surface area (Å²) in [4.78, 5) is 39.4. The van der Waals surface area contributed by atoms with Crippen LogP contribution >= 0.6 is 11.6 Å². The van der Waals surface area contributed by atoms with Crippen molar-refractivity contribution < 1.29 is 14.4 Å². The van der Waals surface area contributed by atoms with E-state index in [2.05, 4.69) is 22.7 Å². The summed E-state index contributed by atoms with van der Waals surface area (Å²) in [7, 11) is 0. The molecule has 4 rings (SSSR count). The van der Waals surface area contributed by atoms with E-state index in [-0.39, 0.29) is 0 Å². The smallest absolute Gasteiger partial charge is 0.319 e. The molecule has 1 atom stereocenters. The van der Waals surface area contributed by atoms with Crippen LogP contribution in [-0.4, -0.2) is 39.1 Å². The zero-order chi connectivity index (χ0) is 24.3. The van der Waals surface area contributed by atoms with Gasteiger partial charge in [-0.3, -0.25) is 14.5 Å². The van der Waals surface area contributed by atoms with Gasteiger partial charge in [0.15, 0.2) is 0 Å². The lowest BCUT2D eigenvalue weighted by Gasteiger charge is -2.22. The van der Waals surface area contributed by atoms with Crippen LogP contribution in [0.1, 0.15) is 37.0 Å². The average molecular weight is 480 g/mol. The number of hydrogen-bond acceptors (Lipinski definition) is 4. The minimum atomic E-state index is -1.23. The van der Waals surface area contributed by atoms with Gasteiger partial charge >= 0.3 is 6.03 Å². The number of nitrogens with one attached hydrogen (secondary N) is 2. The Kier molecular flexibility index (Phi) is 6.70. The van der Waals surface area contributed by atoms with E-state index in [9.17, 15) is 14.4 Å². The molecular formula is C25H26ClN5O3. The Balaban J connectivity index is 1.44. The molecule has 0 saturated carbocycles. The third-order valence-corrected chi connectivity index (χ3v) is 6.28. The molecule has 2 heterocycles. The van der Waals surface area contributed by atoms with E-state index in [0.717, 1.165) is 28.9 Å². The van der Waals surface area contributed by atoms with Crippen molar-refractivity contribution in [1.82, 2.24) is 20.0 Å². The summed E-state index contributed by atoms with van der Waals surface area (Å²) in [5.74, 6) is -0.543. The van der Waals surface area contributed by atoms with Crippen LogP contribution in [0, 0.1) is 0 Å². The normalized spacial score (nSPS) is 17.7. The Morgan fingerprint density at radius 2 is 1.85 bits per heavy atom. The minimum Gasteiger partial charge on any atom is -0.319 e. The number of imide groups is 1. The molecule has 2 N–H and O–H groups in total. The molecular weight excluding hydrogens is 454 g/mol. The number of aryl methyl sites for hydroxylation is 1. The quantitative estimate of drug-likeness (QED) is 0.478. The number of aromatic nitrogens is 2. The van der Waals surface area contributed by atoms with Gasteiger partial charge in [-0.05, 0) is 36.1 Å². The largest absolute Gasteiger partial charge is 0.325 e. The Morgan fingerprint density at radius 1 is 1.12 bits per heavy atom. The van der Waals surface area contributed by atoms with Gasteiger partial charge in [0.05, 0.1) is 12.7 Å². The van der Waals surface area contributed by atoms with Gasteiger partial charge in [-0.1, -0.05) is 67.4 Å². The number of benzene rings is 2. The molecule has 176 valence electrons. The van der Waals surface area contributed by atoms with Crippen molar-refractivity contribution in [3.05, 3.63) is 82.5 Å².